The molecule has 0 fully saturated rings. The Morgan fingerprint density at radius 2 is 1.24 bits per heavy atom. The van der Waals surface area contributed by atoms with Crippen molar-refractivity contribution in [2.45, 2.75) is 12.3 Å². The predicted molar refractivity (Wildman–Crippen MR) is 99.6 cm³/mol. The molecule has 2 aromatic rings. The number of benzene rings is 2. The molecule has 0 spiro atoms. The van der Waals surface area contributed by atoms with E-state index in [1.165, 1.54) is 14.2 Å². The molecule has 0 bridgehead atoms. The van der Waals surface area contributed by atoms with Crippen LogP contribution in [0.3, 0.4) is 0 Å². The lowest BCUT2D eigenvalue weighted by molar-refractivity contribution is -0.210. The minimum atomic E-state index is -2.54. The van der Waals surface area contributed by atoms with Crippen LogP contribution >= 0.6 is 0 Å². The first kappa shape index (κ1) is 17.6. The minimum absolute atomic E-state index is 0.156. The van der Waals surface area contributed by atoms with Gasteiger partial charge in [-0.1, -0.05) is 67.2 Å². The molecule has 0 aliphatic heterocycles. The lowest BCUT2D eigenvalue weighted by Crippen LogP contribution is -2.68. The lowest BCUT2D eigenvalue weighted by atomic mass is 9.96. The number of ketones is 1. The Morgan fingerprint density at radius 1 is 0.800 bits per heavy atom. The zero-order chi connectivity index (χ0) is 18.1. The van der Waals surface area contributed by atoms with E-state index in [9.17, 15) is 4.79 Å². The van der Waals surface area contributed by atoms with E-state index in [0.717, 1.165) is 10.4 Å². The second-order valence-corrected chi connectivity index (χ2v) is 10.0. The fraction of sp³-hybridized carbons (Fsp3) is 0.250. The van der Waals surface area contributed by atoms with Crippen molar-refractivity contribution in [1.82, 2.24) is 0 Å². The van der Waals surface area contributed by atoms with Crippen molar-refractivity contribution in [3.8, 4) is 0 Å². The molecule has 0 heterocycles. The third kappa shape index (κ3) is 2.39. The molecule has 0 aromatic heterocycles. The topological polar surface area (TPSA) is 44.8 Å². The summed E-state index contributed by atoms with van der Waals surface area (Å²) in [4.78, 5) is 13.2. The molecule has 0 N–H and O–H groups in total. The van der Waals surface area contributed by atoms with Crippen molar-refractivity contribution in [3.05, 3.63) is 71.6 Å². The Hall–Kier alpha value is -2.21. The largest absolute Gasteiger partial charge is 0.495 e. The molecule has 3 rings (SSSR count). The average molecular weight is 354 g/mol. The fourth-order valence-corrected chi connectivity index (χ4v) is 7.58. The summed E-state index contributed by atoms with van der Waals surface area (Å²) in [5.41, 5.74) is 0. The van der Waals surface area contributed by atoms with Gasteiger partial charge in [0.25, 0.3) is 5.79 Å². The van der Waals surface area contributed by atoms with Crippen molar-refractivity contribution in [2.75, 3.05) is 21.3 Å². The van der Waals surface area contributed by atoms with Gasteiger partial charge >= 0.3 is 0 Å². The van der Waals surface area contributed by atoms with E-state index in [1.807, 2.05) is 36.4 Å². The van der Waals surface area contributed by atoms with Crippen LogP contribution in [-0.4, -0.2) is 41.0 Å². The van der Waals surface area contributed by atoms with Gasteiger partial charge < -0.3 is 14.2 Å². The highest BCUT2D eigenvalue weighted by atomic mass is 28.3. The summed E-state index contributed by atoms with van der Waals surface area (Å²) in [7, 11) is 1.93. The number of hydrogen-bond donors (Lipinski definition) is 0. The summed E-state index contributed by atoms with van der Waals surface area (Å²) < 4.78 is 16.4. The molecule has 130 valence electrons. The zero-order valence-corrected chi connectivity index (χ0v) is 15.9. The number of carbonyl (C=O) groups is 1. The van der Waals surface area contributed by atoms with E-state index >= 15 is 0 Å². The van der Waals surface area contributed by atoms with Gasteiger partial charge in [0.2, 0.25) is 5.78 Å². The third-order valence-corrected chi connectivity index (χ3v) is 9.46. The van der Waals surface area contributed by atoms with Crippen LogP contribution in [0.5, 0.6) is 0 Å². The Kier molecular flexibility index (Phi) is 4.64. The van der Waals surface area contributed by atoms with Crippen molar-refractivity contribution in [1.29, 1.82) is 0 Å². The van der Waals surface area contributed by atoms with Crippen LogP contribution < -0.4 is 10.4 Å². The van der Waals surface area contributed by atoms with Crippen LogP contribution in [0.4, 0.5) is 0 Å². The van der Waals surface area contributed by atoms with Gasteiger partial charge in [0, 0.05) is 19.4 Å². The quantitative estimate of drug-likeness (QED) is 0.587. The summed E-state index contributed by atoms with van der Waals surface area (Å²) in [6, 6.07) is 20.3. The van der Waals surface area contributed by atoms with Gasteiger partial charge in [-0.05, 0) is 10.4 Å². The zero-order valence-electron chi connectivity index (χ0n) is 14.9. The molecule has 2 aromatic carbocycles. The first-order valence-electron chi connectivity index (χ1n) is 8.11. The monoisotopic (exact) mass is 354 g/mol. The molecule has 1 aliphatic rings. The van der Waals surface area contributed by atoms with Crippen LogP contribution in [-0.2, 0) is 19.0 Å². The number of methoxy groups -OCH3 is 3. The molecular weight excluding hydrogens is 332 g/mol. The maximum Gasteiger partial charge on any atom is 0.292 e. The van der Waals surface area contributed by atoms with E-state index in [1.54, 1.807) is 7.11 Å². The molecule has 4 nitrogen and oxygen atoms in total. The van der Waals surface area contributed by atoms with Gasteiger partial charge in [-0.3, -0.25) is 4.79 Å². The Morgan fingerprint density at radius 3 is 1.60 bits per heavy atom. The lowest BCUT2D eigenvalue weighted by Gasteiger charge is -2.45. The number of carbonyl (C=O) groups excluding carboxylic acids is 1. The molecule has 1 aliphatic carbocycles. The second-order valence-electron chi connectivity index (χ2n) is 6.12. The maximum absolute atomic E-state index is 13.2. The number of ether oxygens (including phenoxy) is 3. The van der Waals surface area contributed by atoms with E-state index in [0.29, 0.717) is 11.0 Å². The molecule has 0 atom stereocenters. The van der Waals surface area contributed by atoms with Gasteiger partial charge in [0.15, 0.2) is 13.8 Å². The van der Waals surface area contributed by atoms with Crippen molar-refractivity contribution in [3.63, 3.8) is 0 Å². The van der Waals surface area contributed by atoms with Crippen LogP contribution in [0, 0.1) is 0 Å². The summed E-state index contributed by atoms with van der Waals surface area (Å²) in [5, 5.41) is 2.97. The van der Waals surface area contributed by atoms with Crippen molar-refractivity contribution >= 4 is 24.2 Å². The minimum Gasteiger partial charge on any atom is -0.495 e. The summed E-state index contributed by atoms with van der Waals surface area (Å²) in [5.74, 6) is -1.11. The Labute approximate surface area is 149 Å². The SMILES string of the molecule is COC1=C([Si](C)(c2ccccc2)c2ccccc2)C(=O)C1(OC)OC. The summed E-state index contributed by atoms with van der Waals surface area (Å²) in [6.07, 6.45) is 0. The third-order valence-electron chi connectivity index (χ3n) is 5.03. The Balaban J connectivity index is 2.29. The molecule has 0 radical (unpaired) electrons. The van der Waals surface area contributed by atoms with Crippen LogP contribution in [0.2, 0.25) is 6.55 Å². The predicted octanol–water partition coefficient (Wildman–Crippen LogP) is 1.89. The van der Waals surface area contributed by atoms with E-state index in [-0.39, 0.29) is 5.78 Å². The van der Waals surface area contributed by atoms with Gasteiger partial charge in [-0.15, -0.1) is 0 Å². The van der Waals surface area contributed by atoms with Crippen LogP contribution in [0.15, 0.2) is 71.6 Å². The Bertz CT molecular complexity index is 755. The highest BCUT2D eigenvalue weighted by molar-refractivity contribution is 7.09. The standard InChI is InChI=1S/C20H22O4Si/c1-22-19-17(18(21)20(19,23-2)24-3)25(4,15-11-7-5-8-12-15)16-13-9-6-10-14-16/h5-14H,1-4H3. The van der Waals surface area contributed by atoms with Gasteiger partial charge in [0.05, 0.1) is 7.11 Å². The number of hydrogen-bond acceptors (Lipinski definition) is 4. The molecular formula is C20H22O4Si. The molecule has 0 saturated carbocycles. The summed E-state index contributed by atoms with van der Waals surface area (Å²) in [6.45, 7) is 2.17. The van der Waals surface area contributed by atoms with Crippen LogP contribution in [0.1, 0.15) is 0 Å². The molecule has 25 heavy (non-hydrogen) atoms. The average Bonchev–Trinajstić information content (AvgIpc) is 2.68. The van der Waals surface area contributed by atoms with E-state index in [2.05, 4.69) is 30.8 Å². The van der Waals surface area contributed by atoms with Gasteiger partial charge in [0.1, 0.15) is 0 Å². The highest BCUT2D eigenvalue weighted by Crippen LogP contribution is 2.43. The van der Waals surface area contributed by atoms with E-state index < -0.39 is 13.9 Å². The normalized spacial score (nSPS) is 16.6. The first-order chi connectivity index (χ1) is 12.1. The smallest absolute Gasteiger partial charge is 0.292 e. The molecule has 5 heteroatoms. The fourth-order valence-electron chi connectivity index (χ4n) is 3.62. The van der Waals surface area contributed by atoms with Gasteiger partial charge in [-0.25, -0.2) is 0 Å². The first-order valence-corrected chi connectivity index (χ1v) is 10.6. The van der Waals surface area contributed by atoms with Gasteiger partial charge in [-0.2, -0.15) is 0 Å². The number of Topliss-reactive ketones (excluding diaryl/α,β-unsaturated/α-hetero) is 1. The molecule has 0 saturated heterocycles. The van der Waals surface area contributed by atoms with Crippen molar-refractivity contribution < 1.29 is 19.0 Å². The van der Waals surface area contributed by atoms with E-state index in [4.69, 9.17) is 14.2 Å². The number of rotatable bonds is 6. The maximum atomic E-state index is 13.2. The highest BCUT2D eigenvalue weighted by Gasteiger charge is 2.63. The van der Waals surface area contributed by atoms with Crippen LogP contribution in [0.25, 0.3) is 0 Å². The molecule has 0 unspecified atom stereocenters. The van der Waals surface area contributed by atoms with Crippen molar-refractivity contribution in [2.24, 2.45) is 0 Å². The second kappa shape index (κ2) is 6.59. The molecule has 0 amide bonds. The summed E-state index contributed by atoms with van der Waals surface area (Å²) >= 11 is 0.